The van der Waals surface area contributed by atoms with E-state index in [-0.39, 0.29) is 0 Å². The fourth-order valence-corrected chi connectivity index (χ4v) is 2.49. The smallest absolute Gasteiger partial charge is 0.230 e. The highest BCUT2D eigenvalue weighted by Gasteiger charge is 2.10. The Bertz CT molecular complexity index is 251. The van der Waals surface area contributed by atoms with Crippen molar-refractivity contribution in [3.63, 3.8) is 0 Å². The average molecular weight is 226 g/mol. The van der Waals surface area contributed by atoms with E-state index in [1.54, 1.807) is 0 Å². The van der Waals surface area contributed by atoms with Gasteiger partial charge in [0.1, 0.15) is 5.75 Å². The SMILES string of the molecule is CCCOP(CCC)Oc1ccccc1. The molecule has 1 aromatic carbocycles. The first-order chi connectivity index (χ1) is 7.36. The maximum Gasteiger partial charge on any atom is 0.230 e. The zero-order chi connectivity index (χ0) is 10.9. The minimum absolute atomic E-state index is 0.743. The summed E-state index contributed by atoms with van der Waals surface area (Å²) >= 11 is 0. The van der Waals surface area contributed by atoms with Crippen molar-refractivity contribution in [1.82, 2.24) is 0 Å². The summed E-state index contributed by atoms with van der Waals surface area (Å²) in [6, 6.07) is 9.89. The van der Waals surface area contributed by atoms with E-state index in [0.717, 1.165) is 31.4 Å². The van der Waals surface area contributed by atoms with Crippen LogP contribution in [0.15, 0.2) is 30.3 Å². The van der Waals surface area contributed by atoms with Crippen LogP contribution in [-0.2, 0) is 4.52 Å². The van der Waals surface area contributed by atoms with Gasteiger partial charge in [-0.25, -0.2) is 0 Å². The van der Waals surface area contributed by atoms with Crippen LogP contribution in [0.4, 0.5) is 0 Å². The van der Waals surface area contributed by atoms with Crippen molar-refractivity contribution < 1.29 is 9.05 Å². The Labute approximate surface area is 93.5 Å². The fourth-order valence-electron chi connectivity index (χ4n) is 1.11. The zero-order valence-corrected chi connectivity index (χ0v) is 10.4. The van der Waals surface area contributed by atoms with Crippen LogP contribution >= 0.6 is 8.38 Å². The summed E-state index contributed by atoms with van der Waals surface area (Å²) in [6.07, 6.45) is 3.15. The van der Waals surface area contributed by atoms with E-state index in [9.17, 15) is 0 Å². The molecule has 15 heavy (non-hydrogen) atoms. The van der Waals surface area contributed by atoms with Gasteiger partial charge in [-0.05, 0) is 25.0 Å². The van der Waals surface area contributed by atoms with Gasteiger partial charge in [0, 0.05) is 6.16 Å². The molecule has 0 spiro atoms. The summed E-state index contributed by atoms with van der Waals surface area (Å²) < 4.78 is 11.5. The van der Waals surface area contributed by atoms with Gasteiger partial charge in [-0.3, -0.25) is 0 Å². The van der Waals surface area contributed by atoms with E-state index in [1.807, 2.05) is 30.3 Å². The fraction of sp³-hybridized carbons (Fsp3) is 0.500. The summed E-state index contributed by atoms with van der Waals surface area (Å²) in [7, 11) is -0.743. The molecular weight excluding hydrogens is 207 g/mol. The molecule has 0 aliphatic carbocycles. The van der Waals surface area contributed by atoms with E-state index in [4.69, 9.17) is 9.05 Å². The summed E-state index contributed by atoms with van der Waals surface area (Å²) in [5.41, 5.74) is 0. The van der Waals surface area contributed by atoms with Crippen LogP contribution in [0.2, 0.25) is 0 Å². The van der Waals surface area contributed by atoms with Gasteiger partial charge in [-0.15, -0.1) is 0 Å². The maximum absolute atomic E-state index is 5.80. The number of hydrogen-bond acceptors (Lipinski definition) is 2. The molecule has 2 nitrogen and oxygen atoms in total. The molecule has 0 amide bonds. The first kappa shape index (κ1) is 12.5. The second kappa shape index (κ2) is 7.67. The van der Waals surface area contributed by atoms with Gasteiger partial charge in [0.25, 0.3) is 0 Å². The van der Waals surface area contributed by atoms with Gasteiger partial charge in [-0.1, -0.05) is 32.0 Å². The number of rotatable bonds is 7. The Balaban J connectivity index is 2.43. The van der Waals surface area contributed by atoms with Crippen LogP contribution < -0.4 is 4.52 Å². The largest absolute Gasteiger partial charge is 0.447 e. The molecule has 1 aromatic rings. The first-order valence-corrected chi connectivity index (χ1v) is 6.86. The van der Waals surface area contributed by atoms with E-state index >= 15 is 0 Å². The molecule has 3 heteroatoms. The van der Waals surface area contributed by atoms with Crippen molar-refractivity contribution in [3.05, 3.63) is 30.3 Å². The molecule has 0 aliphatic rings. The molecule has 1 atom stereocenters. The lowest BCUT2D eigenvalue weighted by Gasteiger charge is -2.17. The third kappa shape index (κ3) is 5.15. The Morgan fingerprint density at radius 3 is 2.40 bits per heavy atom. The Morgan fingerprint density at radius 2 is 1.80 bits per heavy atom. The highest BCUT2D eigenvalue weighted by Crippen LogP contribution is 2.39. The Kier molecular flexibility index (Phi) is 6.38. The third-order valence-corrected chi connectivity index (χ3v) is 3.49. The molecule has 0 saturated heterocycles. The number of para-hydroxylation sites is 1. The van der Waals surface area contributed by atoms with Crippen LogP contribution in [0.25, 0.3) is 0 Å². The predicted octanol–water partition coefficient (Wildman–Crippen LogP) is 4.21. The topological polar surface area (TPSA) is 18.5 Å². The Hall–Kier alpha value is -0.590. The van der Waals surface area contributed by atoms with Gasteiger partial charge in [0.05, 0.1) is 6.61 Å². The molecule has 0 heterocycles. The highest BCUT2D eigenvalue weighted by atomic mass is 31.2. The lowest BCUT2D eigenvalue weighted by Crippen LogP contribution is -1.97. The van der Waals surface area contributed by atoms with E-state index in [1.165, 1.54) is 0 Å². The number of benzene rings is 1. The van der Waals surface area contributed by atoms with Crippen LogP contribution in [-0.4, -0.2) is 12.8 Å². The molecular formula is C12H19O2P. The maximum atomic E-state index is 5.80. The van der Waals surface area contributed by atoms with Crippen molar-refractivity contribution >= 4 is 8.38 Å². The van der Waals surface area contributed by atoms with Crippen LogP contribution in [0, 0.1) is 0 Å². The van der Waals surface area contributed by atoms with E-state index < -0.39 is 8.38 Å². The van der Waals surface area contributed by atoms with Crippen molar-refractivity contribution in [1.29, 1.82) is 0 Å². The molecule has 0 saturated carbocycles. The first-order valence-electron chi connectivity index (χ1n) is 5.50. The second-order valence-electron chi connectivity index (χ2n) is 3.29. The second-order valence-corrected chi connectivity index (χ2v) is 4.85. The van der Waals surface area contributed by atoms with Gasteiger partial charge in [-0.2, -0.15) is 0 Å². The van der Waals surface area contributed by atoms with Crippen LogP contribution in [0.1, 0.15) is 26.7 Å². The van der Waals surface area contributed by atoms with E-state index in [0.29, 0.717) is 0 Å². The van der Waals surface area contributed by atoms with E-state index in [2.05, 4.69) is 13.8 Å². The molecule has 84 valence electrons. The summed E-state index contributed by atoms with van der Waals surface area (Å²) in [6.45, 7) is 5.06. The third-order valence-electron chi connectivity index (χ3n) is 1.80. The molecule has 1 unspecified atom stereocenters. The highest BCUT2D eigenvalue weighted by molar-refractivity contribution is 7.47. The van der Waals surface area contributed by atoms with Gasteiger partial charge in [0.2, 0.25) is 8.38 Å². The average Bonchev–Trinajstić information content (AvgIpc) is 2.28. The van der Waals surface area contributed by atoms with Gasteiger partial charge >= 0.3 is 0 Å². The predicted molar refractivity (Wildman–Crippen MR) is 65.4 cm³/mol. The van der Waals surface area contributed by atoms with Crippen LogP contribution in [0.3, 0.4) is 0 Å². The molecule has 0 N–H and O–H groups in total. The minimum Gasteiger partial charge on any atom is -0.447 e. The molecule has 0 aliphatic heterocycles. The lowest BCUT2D eigenvalue weighted by molar-refractivity contribution is 0.313. The Morgan fingerprint density at radius 1 is 1.07 bits per heavy atom. The van der Waals surface area contributed by atoms with Crippen molar-refractivity contribution in [2.24, 2.45) is 0 Å². The van der Waals surface area contributed by atoms with Crippen molar-refractivity contribution in [3.8, 4) is 5.75 Å². The minimum atomic E-state index is -0.743. The lowest BCUT2D eigenvalue weighted by atomic mass is 10.3. The standard InChI is InChI=1S/C12H19O2P/c1-3-10-13-15(11-4-2)14-12-8-6-5-7-9-12/h5-9H,3-4,10-11H2,1-2H3. The zero-order valence-electron chi connectivity index (χ0n) is 9.48. The molecule has 0 fully saturated rings. The molecule has 0 bridgehead atoms. The molecule has 1 rings (SSSR count). The summed E-state index contributed by atoms with van der Waals surface area (Å²) in [4.78, 5) is 0. The molecule has 0 radical (unpaired) electrons. The summed E-state index contributed by atoms with van der Waals surface area (Å²) in [5.74, 6) is 0.910. The van der Waals surface area contributed by atoms with Crippen molar-refractivity contribution in [2.75, 3.05) is 12.8 Å². The quantitative estimate of drug-likeness (QED) is 0.648. The summed E-state index contributed by atoms with van der Waals surface area (Å²) in [5, 5.41) is 0. The number of hydrogen-bond donors (Lipinski definition) is 0. The normalized spacial score (nSPS) is 12.4. The van der Waals surface area contributed by atoms with Gasteiger partial charge in [0.15, 0.2) is 0 Å². The van der Waals surface area contributed by atoms with Crippen molar-refractivity contribution in [2.45, 2.75) is 26.7 Å². The van der Waals surface area contributed by atoms with Crippen LogP contribution in [0.5, 0.6) is 5.75 Å². The monoisotopic (exact) mass is 226 g/mol. The van der Waals surface area contributed by atoms with Gasteiger partial charge < -0.3 is 9.05 Å². The molecule has 0 aromatic heterocycles.